The van der Waals surface area contributed by atoms with Crippen LogP contribution in [0.2, 0.25) is 0 Å². The minimum absolute atomic E-state index is 0.300. The molecule has 2 heteroatoms. The molecule has 2 aliphatic rings. The van der Waals surface area contributed by atoms with Crippen LogP contribution in [0.5, 0.6) is 0 Å². The van der Waals surface area contributed by atoms with Gasteiger partial charge < -0.3 is 5.32 Å². The molecule has 1 saturated carbocycles. The maximum atomic E-state index is 14.4. The molecule has 0 spiro atoms. The number of halogens is 1. The van der Waals surface area contributed by atoms with Crippen molar-refractivity contribution in [1.82, 2.24) is 5.32 Å². The highest BCUT2D eigenvalue weighted by Gasteiger charge is 2.33. The molecule has 1 saturated heterocycles. The monoisotopic (exact) mass is 227 g/mol. The van der Waals surface area contributed by atoms with Crippen molar-refractivity contribution in [3.05, 3.63) is 0 Å². The maximum absolute atomic E-state index is 14.4. The second-order valence-corrected chi connectivity index (χ2v) is 5.75. The lowest BCUT2D eigenvalue weighted by Crippen LogP contribution is -2.39. The lowest BCUT2D eigenvalue weighted by molar-refractivity contribution is 0.0844. The first-order valence-corrected chi connectivity index (χ1v) is 7.16. The summed E-state index contributed by atoms with van der Waals surface area (Å²) in [7, 11) is 0. The Morgan fingerprint density at radius 1 is 1.19 bits per heavy atom. The molecule has 16 heavy (non-hydrogen) atoms. The third-order valence-electron chi connectivity index (χ3n) is 4.64. The molecular formula is C14H26FN. The summed E-state index contributed by atoms with van der Waals surface area (Å²) in [6.45, 7) is 4.25. The zero-order chi connectivity index (χ0) is 11.4. The normalized spacial score (nSPS) is 38.2. The van der Waals surface area contributed by atoms with Crippen LogP contribution < -0.4 is 5.32 Å². The van der Waals surface area contributed by atoms with Crippen molar-refractivity contribution in [3.8, 4) is 0 Å². The molecule has 1 aliphatic heterocycles. The fraction of sp³-hybridized carbons (Fsp3) is 1.00. The summed E-state index contributed by atoms with van der Waals surface area (Å²) in [5.74, 6) is 1.46. The fourth-order valence-corrected chi connectivity index (χ4v) is 3.53. The molecule has 1 nitrogen and oxygen atoms in total. The van der Waals surface area contributed by atoms with E-state index in [0.29, 0.717) is 11.8 Å². The van der Waals surface area contributed by atoms with Gasteiger partial charge in [0.15, 0.2) is 0 Å². The lowest BCUT2D eigenvalue weighted by Gasteiger charge is -2.35. The molecular weight excluding hydrogens is 201 g/mol. The first kappa shape index (κ1) is 12.3. The third-order valence-corrected chi connectivity index (χ3v) is 4.64. The smallest absolute Gasteiger partial charge is 0.107 e. The van der Waals surface area contributed by atoms with E-state index in [1.807, 2.05) is 0 Å². The number of rotatable bonds is 3. The van der Waals surface area contributed by atoms with E-state index in [2.05, 4.69) is 12.2 Å². The summed E-state index contributed by atoms with van der Waals surface area (Å²) >= 11 is 0. The molecule has 2 rings (SSSR count). The largest absolute Gasteiger partial charge is 0.316 e. The molecule has 1 heterocycles. The van der Waals surface area contributed by atoms with Gasteiger partial charge in [0.2, 0.25) is 0 Å². The Bertz CT molecular complexity index is 201. The topological polar surface area (TPSA) is 12.0 Å². The predicted molar refractivity (Wildman–Crippen MR) is 66.2 cm³/mol. The highest BCUT2D eigenvalue weighted by molar-refractivity contribution is 4.84. The van der Waals surface area contributed by atoms with Gasteiger partial charge in [-0.15, -0.1) is 0 Å². The van der Waals surface area contributed by atoms with Crippen LogP contribution in [0.25, 0.3) is 0 Å². The van der Waals surface area contributed by atoms with Gasteiger partial charge in [-0.05, 0) is 44.1 Å². The first-order valence-electron chi connectivity index (χ1n) is 7.16. The molecule has 0 aromatic carbocycles. The zero-order valence-corrected chi connectivity index (χ0v) is 10.6. The van der Waals surface area contributed by atoms with Crippen LogP contribution in [0.4, 0.5) is 4.39 Å². The van der Waals surface area contributed by atoms with E-state index in [0.717, 1.165) is 44.7 Å². The van der Waals surface area contributed by atoms with E-state index in [9.17, 15) is 4.39 Å². The van der Waals surface area contributed by atoms with Crippen molar-refractivity contribution < 1.29 is 4.39 Å². The maximum Gasteiger partial charge on any atom is 0.107 e. The van der Waals surface area contributed by atoms with Crippen LogP contribution in [0.15, 0.2) is 0 Å². The van der Waals surface area contributed by atoms with Gasteiger partial charge >= 0.3 is 0 Å². The number of hydrogen-bond donors (Lipinski definition) is 1. The Labute approximate surface area is 99.2 Å². The quantitative estimate of drug-likeness (QED) is 0.777. The van der Waals surface area contributed by atoms with Crippen molar-refractivity contribution in [2.45, 2.75) is 58.0 Å². The summed E-state index contributed by atoms with van der Waals surface area (Å²) in [5.41, 5.74) is 0. The molecule has 0 bridgehead atoms. The minimum atomic E-state index is -0.540. The molecule has 1 N–H and O–H groups in total. The molecule has 1 aliphatic carbocycles. The van der Waals surface area contributed by atoms with Gasteiger partial charge in [-0.2, -0.15) is 0 Å². The lowest BCUT2D eigenvalue weighted by atomic mass is 9.74. The average Bonchev–Trinajstić information content (AvgIpc) is 2.39. The highest BCUT2D eigenvalue weighted by atomic mass is 19.1. The van der Waals surface area contributed by atoms with Crippen LogP contribution in [0.3, 0.4) is 0 Å². The Hall–Kier alpha value is -0.110. The van der Waals surface area contributed by atoms with Crippen LogP contribution in [-0.4, -0.2) is 19.3 Å². The van der Waals surface area contributed by atoms with Crippen molar-refractivity contribution in [2.24, 2.45) is 17.8 Å². The average molecular weight is 227 g/mol. The van der Waals surface area contributed by atoms with E-state index in [1.54, 1.807) is 0 Å². The van der Waals surface area contributed by atoms with Crippen LogP contribution in [0.1, 0.15) is 51.9 Å². The molecule has 2 fully saturated rings. The summed E-state index contributed by atoms with van der Waals surface area (Å²) in [5, 5.41) is 3.34. The Morgan fingerprint density at radius 2 is 2.00 bits per heavy atom. The second-order valence-electron chi connectivity index (χ2n) is 5.75. The van der Waals surface area contributed by atoms with Gasteiger partial charge in [0.1, 0.15) is 6.17 Å². The number of hydrogen-bond acceptors (Lipinski definition) is 1. The summed E-state index contributed by atoms with van der Waals surface area (Å²) in [6, 6.07) is 0. The first-order chi connectivity index (χ1) is 7.81. The SMILES string of the molecule is CCC1CCCC(C(F)C2CCCNC2)C1. The standard InChI is InChI=1S/C14H26FN/c1-2-11-5-3-6-12(9-11)14(15)13-7-4-8-16-10-13/h11-14,16H,2-10H2,1H3. The molecule has 4 atom stereocenters. The van der Waals surface area contributed by atoms with Crippen molar-refractivity contribution in [3.63, 3.8) is 0 Å². The van der Waals surface area contributed by atoms with Gasteiger partial charge in [-0.3, -0.25) is 0 Å². The Balaban J connectivity index is 1.84. The van der Waals surface area contributed by atoms with E-state index in [-0.39, 0.29) is 0 Å². The molecule has 0 aromatic rings. The Morgan fingerprint density at radius 3 is 2.69 bits per heavy atom. The van der Waals surface area contributed by atoms with E-state index in [4.69, 9.17) is 0 Å². The molecule has 0 radical (unpaired) electrons. The van der Waals surface area contributed by atoms with Gasteiger partial charge in [-0.1, -0.05) is 26.2 Å². The molecule has 0 amide bonds. The zero-order valence-electron chi connectivity index (χ0n) is 10.6. The van der Waals surface area contributed by atoms with Gasteiger partial charge in [0.05, 0.1) is 0 Å². The van der Waals surface area contributed by atoms with Crippen LogP contribution >= 0.6 is 0 Å². The number of alkyl halides is 1. The molecule has 4 unspecified atom stereocenters. The van der Waals surface area contributed by atoms with Crippen molar-refractivity contribution in [2.75, 3.05) is 13.1 Å². The summed E-state index contributed by atoms with van der Waals surface area (Å²) in [4.78, 5) is 0. The van der Waals surface area contributed by atoms with E-state index < -0.39 is 6.17 Å². The summed E-state index contributed by atoms with van der Waals surface area (Å²) in [6.07, 6.45) is 7.83. The predicted octanol–water partition coefficient (Wildman–Crippen LogP) is 3.54. The van der Waals surface area contributed by atoms with E-state index in [1.165, 1.54) is 19.3 Å². The second kappa shape index (κ2) is 6.00. The number of nitrogens with one attached hydrogen (secondary N) is 1. The fourth-order valence-electron chi connectivity index (χ4n) is 3.53. The number of piperidine rings is 1. The van der Waals surface area contributed by atoms with Crippen molar-refractivity contribution in [1.29, 1.82) is 0 Å². The van der Waals surface area contributed by atoms with Gasteiger partial charge in [-0.25, -0.2) is 4.39 Å². The molecule has 0 aromatic heterocycles. The third kappa shape index (κ3) is 2.97. The van der Waals surface area contributed by atoms with Crippen LogP contribution in [0, 0.1) is 17.8 Å². The van der Waals surface area contributed by atoms with Crippen LogP contribution in [-0.2, 0) is 0 Å². The molecule has 94 valence electrons. The highest BCUT2D eigenvalue weighted by Crippen LogP contribution is 2.37. The van der Waals surface area contributed by atoms with Gasteiger partial charge in [0.25, 0.3) is 0 Å². The minimum Gasteiger partial charge on any atom is -0.316 e. The summed E-state index contributed by atoms with van der Waals surface area (Å²) < 4.78 is 14.4. The van der Waals surface area contributed by atoms with Crippen molar-refractivity contribution >= 4 is 0 Å². The van der Waals surface area contributed by atoms with Gasteiger partial charge in [0, 0.05) is 12.5 Å². The Kier molecular flexibility index (Phi) is 4.63. The van der Waals surface area contributed by atoms with E-state index >= 15 is 0 Å².